The minimum absolute atomic E-state index is 0.109. The largest absolute Gasteiger partial charge is 0.506 e. The fourth-order valence-electron chi connectivity index (χ4n) is 4.67. The minimum atomic E-state index is -0.864. The average Bonchev–Trinajstić information content (AvgIpc) is 3.42. The summed E-state index contributed by atoms with van der Waals surface area (Å²) in [6.45, 7) is 1.96. The number of carbonyl (C=O) groups is 3. The van der Waals surface area contributed by atoms with Gasteiger partial charge in [0, 0.05) is 11.9 Å². The van der Waals surface area contributed by atoms with E-state index in [1.165, 1.54) is 4.90 Å². The first-order chi connectivity index (χ1) is 17.9. The lowest BCUT2D eigenvalue weighted by Gasteiger charge is -2.25. The summed E-state index contributed by atoms with van der Waals surface area (Å²) in [5.41, 5.74) is 4.97. The Balaban J connectivity index is 1.21. The van der Waals surface area contributed by atoms with Gasteiger partial charge in [0.1, 0.15) is 17.5 Å². The topological polar surface area (TPSA) is 108 Å². The lowest BCUT2D eigenvalue weighted by atomic mass is 10.0. The fourth-order valence-corrected chi connectivity index (χ4v) is 4.67. The predicted octanol–water partition coefficient (Wildman–Crippen LogP) is 3.92. The molecule has 1 heterocycles. The Kier molecular flexibility index (Phi) is 6.64. The van der Waals surface area contributed by atoms with E-state index in [2.05, 4.69) is 10.9 Å². The molecule has 3 amide bonds. The lowest BCUT2D eigenvalue weighted by Crippen LogP contribution is -2.53. The molecule has 1 aliphatic rings. The molecule has 0 aliphatic carbocycles. The van der Waals surface area contributed by atoms with Crippen molar-refractivity contribution in [1.82, 2.24) is 15.8 Å². The molecule has 0 radical (unpaired) electrons. The maximum Gasteiger partial charge on any atom is 0.279 e. The number of hydrazine groups is 1. The molecule has 8 heteroatoms. The summed E-state index contributed by atoms with van der Waals surface area (Å²) in [5, 5.41) is 14.1. The number of ether oxygens (including phenoxy) is 1. The van der Waals surface area contributed by atoms with Crippen molar-refractivity contribution < 1.29 is 24.2 Å². The zero-order valence-electron chi connectivity index (χ0n) is 20.3. The number of carbonyl (C=O) groups excluding carboxylic acids is 3. The summed E-state index contributed by atoms with van der Waals surface area (Å²) in [5.74, 6) is -1.03. The molecule has 188 valence electrons. The number of fused-ring (bicyclic) bond motifs is 2. The van der Waals surface area contributed by atoms with Crippen LogP contribution in [0.3, 0.4) is 0 Å². The van der Waals surface area contributed by atoms with E-state index in [1.54, 1.807) is 37.3 Å². The molecule has 3 N–H and O–H groups in total. The molecule has 1 aliphatic heterocycles. The molecule has 4 aromatic carbocycles. The van der Waals surface area contributed by atoms with Crippen molar-refractivity contribution in [3.8, 4) is 11.5 Å². The van der Waals surface area contributed by atoms with Crippen LogP contribution in [0.15, 0.2) is 78.9 Å². The van der Waals surface area contributed by atoms with Gasteiger partial charge in [0.2, 0.25) is 0 Å². The van der Waals surface area contributed by atoms with Gasteiger partial charge in [-0.1, -0.05) is 60.7 Å². The van der Waals surface area contributed by atoms with Crippen molar-refractivity contribution >= 4 is 39.3 Å². The Hall–Kier alpha value is -4.59. The molecule has 1 fully saturated rings. The Morgan fingerprint density at radius 3 is 2.43 bits per heavy atom. The van der Waals surface area contributed by atoms with Gasteiger partial charge in [-0.15, -0.1) is 0 Å². The number of aromatic hydroxyl groups is 1. The molecule has 0 spiro atoms. The van der Waals surface area contributed by atoms with Crippen molar-refractivity contribution in [1.29, 1.82) is 0 Å². The third kappa shape index (κ3) is 4.91. The second-order valence-corrected chi connectivity index (χ2v) is 9.09. The van der Waals surface area contributed by atoms with E-state index in [4.69, 9.17) is 4.74 Å². The van der Waals surface area contributed by atoms with Crippen LogP contribution in [-0.4, -0.2) is 46.4 Å². The van der Waals surface area contributed by atoms with Crippen LogP contribution in [0, 0.1) is 0 Å². The molecule has 8 nitrogen and oxygen atoms in total. The SMILES string of the molecule is CC(Oc1ccc2ccccc2c1)C(=O)NNC(=O)C1CCCN1C(=O)c1ccc2ccccc2c1O. The molecule has 0 aromatic heterocycles. The number of phenols is 1. The highest BCUT2D eigenvalue weighted by atomic mass is 16.5. The van der Waals surface area contributed by atoms with Gasteiger partial charge in [-0.05, 0) is 54.1 Å². The van der Waals surface area contributed by atoms with Crippen LogP contribution >= 0.6 is 0 Å². The molecule has 1 saturated heterocycles. The Morgan fingerprint density at radius 1 is 0.919 bits per heavy atom. The van der Waals surface area contributed by atoms with E-state index < -0.39 is 29.9 Å². The number of benzene rings is 4. The van der Waals surface area contributed by atoms with Crippen molar-refractivity contribution in [3.63, 3.8) is 0 Å². The van der Waals surface area contributed by atoms with Gasteiger partial charge in [-0.2, -0.15) is 0 Å². The molecule has 2 atom stereocenters. The summed E-state index contributed by atoms with van der Waals surface area (Å²) < 4.78 is 5.75. The van der Waals surface area contributed by atoms with Crippen LogP contribution in [0.5, 0.6) is 11.5 Å². The number of rotatable bonds is 5. The van der Waals surface area contributed by atoms with Crippen molar-refractivity contribution in [2.24, 2.45) is 0 Å². The highest BCUT2D eigenvalue weighted by molar-refractivity contribution is 6.05. The zero-order chi connectivity index (χ0) is 25.9. The van der Waals surface area contributed by atoms with Crippen molar-refractivity contribution in [2.75, 3.05) is 6.54 Å². The van der Waals surface area contributed by atoms with Crippen molar-refractivity contribution in [2.45, 2.75) is 31.9 Å². The van der Waals surface area contributed by atoms with Gasteiger partial charge < -0.3 is 14.7 Å². The quantitative estimate of drug-likeness (QED) is 0.362. The standard InChI is InChI=1S/C29H27N3O5/c1-18(37-22-14-12-19-7-2-3-9-21(19)17-22)27(34)30-31-28(35)25-11-6-16-32(25)29(36)24-15-13-20-8-4-5-10-23(20)26(24)33/h2-5,7-10,12-15,17-18,25,33H,6,11,16H2,1H3,(H,30,34)(H,31,35). The van der Waals surface area contributed by atoms with Gasteiger partial charge >= 0.3 is 0 Å². The molecule has 4 aromatic rings. The van der Waals surface area contributed by atoms with E-state index in [0.29, 0.717) is 30.5 Å². The maximum atomic E-state index is 13.2. The average molecular weight is 498 g/mol. The van der Waals surface area contributed by atoms with Gasteiger partial charge in [0.15, 0.2) is 6.10 Å². The van der Waals surface area contributed by atoms with Crippen LogP contribution < -0.4 is 15.6 Å². The second kappa shape index (κ2) is 10.2. The summed E-state index contributed by atoms with van der Waals surface area (Å²) in [4.78, 5) is 40.1. The Bertz CT molecular complexity index is 1500. The summed E-state index contributed by atoms with van der Waals surface area (Å²) in [7, 11) is 0. The van der Waals surface area contributed by atoms with E-state index in [9.17, 15) is 19.5 Å². The predicted molar refractivity (Wildman–Crippen MR) is 140 cm³/mol. The first-order valence-corrected chi connectivity index (χ1v) is 12.2. The third-order valence-electron chi connectivity index (χ3n) is 6.66. The minimum Gasteiger partial charge on any atom is -0.506 e. The molecule has 37 heavy (non-hydrogen) atoms. The molecule has 0 bridgehead atoms. The van der Waals surface area contributed by atoms with Crippen LogP contribution in [-0.2, 0) is 9.59 Å². The number of amides is 3. The first kappa shape index (κ1) is 24.1. The number of likely N-dealkylation sites (tertiary alicyclic amines) is 1. The Labute approximate surface area is 213 Å². The number of nitrogens with zero attached hydrogens (tertiary/aromatic N) is 1. The van der Waals surface area contributed by atoms with Gasteiger partial charge in [0.25, 0.3) is 17.7 Å². The van der Waals surface area contributed by atoms with Gasteiger partial charge in [-0.3, -0.25) is 25.2 Å². The fraction of sp³-hybridized carbons (Fsp3) is 0.207. The molecular weight excluding hydrogens is 470 g/mol. The number of nitrogens with one attached hydrogen (secondary N) is 2. The van der Waals surface area contributed by atoms with Crippen LogP contribution in [0.1, 0.15) is 30.1 Å². The van der Waals surface area contributed by atoms with Crippen molar-refractivity contribution in [3.05, 3.63) is 84.4 Å². The maximum absolute atomic E-state index is 13.2. The summed E-state index contributed by atoms with van der Waals surface area (Å²) in [6.07, 6.45) is 0.218. The summed E-state index contributed by atoms with van der Waals surface area (Å²) >= 11 is 0. The normalized spacial score (nSPS) is 15.9. The van der Waals surface area contributed by atoms with E-state index in [0.717, 1.165) is 16.2 Å². The number of hydrogen-bond acceptors (Lipinski definition) is 5. The highest BCUT2D eigenvalue weighted by Gasteiger charge is 2.36. The lowest BCUT2D eigenvalue weighted by molar-refractivity contribution is -0.134. The van der Waals surface area contributed by atoms with Gasteiger partial charge in [-0.25, -0.2) is 0 Å². The Morgan fingerprint density at radius 2 is 1.62 bits per heavy atom. The monoisotopic (exact) mass is 497 g/mol. The van der Waals surface area contributed by atoms with E-state index in [1.807, 2.05) is 48.5 Å². The van der Waals surface area contributed by atoms with Crippen LogP contribution in [0.25, 0.3) is 21.5 Å². The molecule has 0 saturated carbocycles. The highest BCUT2D eigenvalue weighted by Crippen LogP contribution is 2.31. The van der Waals surface area contributed by atoms with Gasteiger partial charge in [0.05, 0.1) is 5.56 Å². The summed E-state index contributed by atoms with van der Waals surface area (Å²) in [6, 6.07) is 23.2. The third-order valence-corrected chi connectivity index (χ3v) is 6.66. The second-order valence-electron chi connectivity index (χ2n) is 9.09. The molecule has 5 rings (SSSR count). The van der Waals surface area contributed by atoms with Crippen LogP contribution in [0.2, 0.25) is 0 Å². The number of hydrogen-bond donors (Lipinski definition) is 3. The first-order valence-electron chi connectivity index (χ1n) is 12.2. The number of phenolic OH excluding ortho intramolecular Hbond substituents is 1. The van der Waals surface area contributed by atoms with E-state index in [-0.39, 0.29) is 11.3 Å². The van der Waals surface area contributed by atoms with E-state index >= 15 is 0 Å². The molecular formula is C29H27N3O5. The smallest absolute Gasteiger partial charge is 0.279 e. The molecule has 2 unspecified atom stereocenters. The van der Waals surface area contributed by atoms with Crippen LogP contribution in [0.4, 0.5) is 0 Å². The zero-order valence-corrected chi connectivity index (χ0v) is 20.3.